The molecule has 0 saturated heterocycles. The monoisotopic (exact) mass is 995 g/mol. The van der Waals surface area contributed by atoms with Gasteiger partial charge in [-0.1, -0.05) is 228 Å². The van der Waals surface area contributed by atoms with Crippen molar-refractivity contribution < 1.29 is 0 Å². The molecule has 0 amide bonds. The first kappa shape index (κ1) is 44.9. The second kappa shape index (κ2) is 16.5. The molecule has 1 nitrogen and oxygen atoms in total. The van der Waals surface area contributed by atoms with Crippen LogP contribution < -0.4 is 46.4 Å². The molecule has 0 unspecified atom stereocenters. The van der Waals surface area contributed by atoms with Crippen LogP contribution in [0.25, 0.3) is 44.5 Å². The molecule has 75 heavy (non-hydrogen) atoms. The van der Waals surface area contributed by atoms with Crippen LogP contribution in [0.2, 0.25) is 0 Å². The minimum absolute atomic E-state index is 0.0158. The van der Waals surface area contributed by atoms with Gasteiger partial charge in [0, 0.05) is 11.4 Å². The van der Waals surface area contributed by atoms with Crippen molar-refractivity contribution >= 4 is 74.7 Å². The van der Waals surface area contributed by atoms with E-state index in [4.69, 9.17) is 0 Å². The van der Waals surface area contributed by atoms with Gasteiger partial charge < -0.3 is 4.90 Å². The summed E-state index contributed by atoms with van der Waals surface area (Å²) >= 11 is 0. The summed E-state index contributed by atoms with van der Waals surface area (Å²) in [5.41, 5.74) is 21.2. The summed E-state index contributed by atoms with van der Waals surface area (Å²) in [5.74, 6) is 0. The van der Waals surface area contributed by atoms with Crippen molar-refractivity contribution in [3.05, 3.63) is 247 Å². The molecule has 0 N–H and O–H groups in total. The molecule has 2 aliphatic carbocycles. The summed E-state index contributed by atoms with van der Waals surface area (Å²) in [7, 11) is -5.40. The Hall–Kier alpha value is -7.57. The van der Waals surface area contributed by atoms with Crippen molar-refractivity contribution in [3.8, 4) is 44.5 Å². The first-order valence-electron chi connectivity index (χ1n) is 27.6. The second-order valence-corrected chi connectivity index (χ2v) is 30.8. The summed E-state index contributed by atoms with van der Waals surface area (Å²) in [6.45, 7) is 9.96. The van der Waals surface area contributed by atoms with Crippen LogP contribution in [0.4, 0.5) is 17.1 Å². The number of fused-ring (bicyclic) bond motifs is 15. The van der Waals surface area contributed by atoms with Gasteiger partial charge in [-0.3, -0.25) is 0 Å². The van der Waals surface area contributed by atoms with Crippen LogP contribution in [0.3, 0.4) is 0 Å². The van der Waals surface area contributed by atoms with Crippen molar-refractivity contribution in [3.63, 3.8) is 0 Å². The average molecular weight is 996 g/mol. The fourth-order valence-corrected chi connectivity index (χ4v) is 26.6. The zero-order valence-electron chi connectivity index (χ0n) is 43.6. The topological polar surface area (TPSA) is 3.24 Å². The molecule has 5 aliphatic rings. The van der Waals surface area contributed by atoms with Gasteiger partial charge in [0.05, 0.1) is 5.69 Å². The molecule has 3 heterocycles. The zero-order valence-corrected chi connectivity index (χ0v) is 45.6. The smallest absolute Gasteiger partial charge is 0.182 e. The van der Waals surface area contributed by atoms with Gasteiger partial charge in [0.1, 0.15) is 0 Å². The highest BCUT2D eigenvalue weighted by Crippen LogP contribution is 2.54. The van der Waals surface area contributed by atoms with Crippen LogP contribution in [-0.2, 0) is 23.7 Å². The normalized spacial score (nSPS) is 16.9. The van der Waals surface area contributed by atoms with Crippen LogP contribution in [0, 0.1) is 0 Å². The number of hydrogen-bond donors (Lipinski definition) is 0. The highest BCUT2D eigenvalue weighted by molar-refractivity contribution is 7.25. The summed E-state index contributed by atoms with van der Waals surface area (Å²) in [6.07, 6.45) is 6.81. The predicted molar refractivity (Wildman–Crippen MR) is 323 cm³/mol. The van der Waals surface area contributed by atoms with Crippen LogP contribution >= 0.6 is 0 Å². The van der Waals surface area contributed by atoms with Gasteiger partial charge in [0.25, 0.3) is 0 Å². The maximum Gasteiger partial charge on any atom is 0.182 e. The molecule has 0 atom stereocenters. The van der Waals surface area contributed by atoms with Crippen molar-refractivity contribution in [2.45, 2.75) is 77.0 Å². The van der Waals surface area contributed by atoms with E-state index in [0.717, 1.165) is 19.3 Å². The SMILES string of the molecule is CC1(C)CCC(C)(C)c2c(N(c3ccc4c(c3)-c3ccccc3[Si]4(c3ccccc3)c3ccccc3)c3ccc(-c4cccc5c4[Si]4(c6ccccc6-c6ccccc64)c4ccccc4-5)c4c3CCCC4)cccc21. The largest absolute Gasteiger partial charge is 0.310 e. The van der Waals surface area contributed by atoms with Crippen molar-refractivity contribution in [2.75, 3.05) is 4.90 Å². The molecule has 10 aromatic rings. The summed E-state index contributed by atoms with van der Waals surface area (Å²) in [6, 6.07) is 87.9. The maximum absolute atomic E-state index is 2.75. The van der Waals surface area contributed by atoms with Gasteiger partial charge >= 0.3 is 0 Å². The first-order chi connectivity index (χ1) is 36.7. The number of nitrogens with zero attached hydrogens (tertiary/aromatic N) is 1. The highest BCUT2D eigenvalue weighted by atomic mass is 28.3. The average Bonchev–Trinajstić information content (AvgIpc) is 4.08. The lowest BCUT2D eigenvalue weighted by Gasteiger charge is -2.45. The maximum atomic E-state index is 2.75. The van der Waals surface area contributed by atoms with Crippen LogP contribution in [0.5, 0.6) is 0 Å². The number of anilines is 3. The van der Waals surface area contributed by atoms with Gasteiger partial charge in [-0.15, -0.1) is 0 Å². The molecule has 1 spiro atoms. The van der Waals surface area contributed by atoms with E-state index < -0.39 is 16.1 Å². The first-order valence-corrected chi connectivity index (χ1v) is 31.6. The molecule has 10 aromatic carbocycles. The lowest BCUT2D eigenvalue weighted by atomic mass is 9.62. The molecular weight excluding hydrogens is 935 g/mol. The van der Waals surface area contributed by atoms with Gasteiger partial charge in [0.2, 0.25) is 0 Å². The second-order valence-electron chi connectivity index (χ2n) is 23.5. The lowest BCUT2D eigenvalue weighted by molar-refractivity contribution is 0.332. The number of rotatable bonds is 6. The molecule has 0 aromatic heterocycles. The van der Waals surface area contributed by atoms with Gasteiger partial charge in [-0.25, -0.2) is 0 Å². The van der Waals surface area contributed by atoms with Gasteiger partial charge in [0.15, 0.2) is 16.1 Å². The molecular formula is C72H61NSi2. The molecule has 15 rings (SSSR count). The predicted octanol–water partition coefficient (Wildman–Crippen LogP) is 12.7. The van der Waals surface area contributed by atoms with Crippen LogP contribution in [0.1, 0.15) is 75.6 Å². The van der Waals surface area contributed by atoms with E-state index in [1.165, 1.54) is 139 Å². The number of hydrogen-bond acceptors (Lipinski definition) is 1. The summed E-state index contributed by atoms with van der Waals surface area (Å²) in [5, 5.41) is 12.0. The molecule has 3 heteroatoms. The van der Waals surface area contributed by atoms with Gasteiger partial charge in [-0.05, 0) is 182 Å². The quantitative estimate of drug-likeness (QED) is 0.150. The Morgan fingerprint density at radius 3 is 1.43 bits per heavy atom. The Bertz CT molecular complexity index is 3870. The van der Waals surface area contributed by atoms with E-state index in [9.17, 15) is 0 Å². The minimum Gasteiger partial charge on any atom is -0.310 e. The summed E-state index contributed by atoms with van der Waals surface area (Å²) in [4.78, 5) is 2.75. The molecule has 0 saturated carbocycles. The third kappa shape index (κ3) is 6.11. The van der Waals surface area contributed by atoms with E-state index >= 15 is 0 Å². The number of benzene rings is 10. The van der Waals surface area contributed by atoms with Crippen LogP contribution in [-0.4, -0.2) is 16.1 Å². The Morgan fingerprint density at radius 2 is 0.813 bits per heavy atom. The molecule has 0 bridgehead atoms. The van der Waals surface area contributed by atoms with E-state index in [0.29, 0.717) is 0 Å². The third-order valence-electron chi connectivity index (χ3n) is 18.8. The minimum atomic E-state index is -2.72. The fourth-order valence-electron chi connectivity index (χ4n) is 15.6. The standard InChI is InChI=1S/C72H61NSi2/c1-71(2)45-46-72(3,4)69-61(71)35-22-36-63(69)73(48-41-44-68-60(47-48)57-32-16-17-37-64(57)74(68,49-23-7-5-8-24-49)50-25-9-6-10-26-50)62-43-42-52(51-27-11-12-28-53(51)62)58-33-21-34-59-56-31-15-20-40-67(56)75(70(58)59)65-38-18-13-29-54(65)55-30-14-19-39-66(55)75/h5-10,13-26,29-44,47H,11-12,27-28,45-46H2,1-4H3. The Kier molecular flexibility index (Phi) is 9.85. The Balaban J connectivity index is 0.996. The van der Waals surface area contributed by atoms with Crippen molar-refractivity contribution in [2.24, 2.45) is 0 Å². The molecule has 0 fully saturated rings. The fraction of sp³-hybridized carbons (Fsp3) is 0.167. The van der Waals surface area contributed by atoms with E-state index in [1.807, 2.05) is 0 Å². The van der Waals surface area contributed by atoms with E-state index in [-0.39, 0.29) is 10.8 Å². The van der Waals surface area contributed by atoms with Crippen LogP contribution in [0.15, 0.2) is 224 Å². The van der Waals surface area contributed by atoms with E-state index in [1.54, 1.807) is 5.19 Å². The highest BCUT2D eigenvalue weighted by Gasteiger charge is 2.55. The van der Waals surface area contributed by atoms with E-state index in [2.05, 4.69) is 257 Å². The van der Waals surface area contributed by atoms with Gasteiger partial charge in [-0.2, -0.15) is 0 Å². The Morgan fingerprint density at radius 1 is 0.347 bits per heavy atom. The summed E-state index contributed by atoms with van der Waals surface area (Å²) < 4.78 is 0. The van der Waals surface area contributed by atoms with Crippen molar-refractivity contribution in [1.29, 1.82) is 0 Å². The van der Waals surface area contributed by atoms with Crippen molar-refractivity contribution in [1.82, 2.24) is 0 Å². The lowest BCUT2D eigenvalue weighted by Crippen LogP contribution is -2.72. The zero-order chi connectivity index (χ0) is 50.3. The molecule has 0 radical (unpaired) electrons. The molecule has 3 aliphatic heterocycles. The third-order valence-corrected chi connectivity index (χ3v) is 28.7. The molecule has 362 valence electrons. The Labute approximate surface area is 445 Å².